The van der Waals surface area contributed by atoms with Crippen LogP contribution in [0.15, 0.2) is 12.7 Å². The summed E-state index contributed by atoms with van der Waals surface area (Å²) in [6.45, 7) is 4.74. The molecule has 0 aromatic heterocycles. The maximum absolute atomic E-state index is 10.8. The molecule has 0 aliphatic heterocycles. The van der Waals surface area contributed by atoms with E-state index in [9.17, 15) is 9.59 Å². The third kappa shape index (κ3) is 8.58. The van der Waals surface area contributed by atoms with Gasteiger partial charge in [0.25, 0.3) is 0 Å². The van der Waals surface area contributed by atoms with Gasteiger partial charge in [-0.1, -0.05) is 12.7 Å². The van der Waals surface area contributed by atoms with E-state index in [4.69, 9.17) is 0 Å². The molecule has 0 aromatic carbocycles. The van der Waals surface area contributed by atoms with Crippen molar-refractivity contribution in [3.05, 3.63) is 12.7 Å². The van der Waals surface area contributed by atoms with Gasteiger partial charge in [-0.25, -0.2) is 4.79 Å². The predicted molar refractivity (Wildman–Crippen MR) is 52.5 cm³/mol. The number of carbonyl (C=O) groups excluding carboxylic acids is 2. The van der Waals surface area contributed by atoms with E-state index in [0.29, 0.717) is 13.1 Å². The van der Waals surface area contributed by atoms with Crippen LogP contribution in [-0.2, 0) is 9.53 Å². The molecule has 0 atom stereocenters. The van der Waals surface area contributed by atoms with Gasteiger partial charge in [0.15, 0.2) is 0 Å². The second-order valence-corrected chi connectivity index (χ2v) is 2.55. The summed E-state index contributed by atoms with van der Waals surface area (Å²) in [4.78, 5) is 20.6. The lowest BCUT2D eigenvalue weighted by atomic mass is 10.3. The van der Waals surface area contributed by atoms with Gasteiger partial charge >= 0.3 is 12.5 Å². The van der Waals surface area contributed by atoms with Crippen molar-refractivity contribution < 1.29 is 14.3 Å². The quantitative estimate of drug-likeness (QED) is 0.336. The molecular weight excluding hydrogens is 184 g/mol. The maximum atomic E-state index is 10.8. The Morgan fingerprint density at radius 3 is 2.79 bits per heavy atom. The van der Waals surface area contributed by atoms with E-state index in [1.54, 1.807) is 6.41 Å². The van der Waals surface area contributed by atoms with Crippen molar-refractivity contribution >= 4 is 12.5 Å². The van der Waals surface area contributed by atoms with Gasteiger partial charge in [0.05, 0.1) is 0 Å². The number of ether oxygens (including phenoxy) is 1. The normalized spacial score (nSPS) is 8.86. The van der Waals surface area contributed by atoms with E-state index in [1.165, 1.54) is 6.08 Å². The van der Waals surface area contributed by atoms with Crippen LogP contribution >= 0.6 is 0 Å². The SMILES string of the molecule is C=CCOC(=O)NCCCCN[C]=O. The second-order valence-electron chi connectivity index (χ2n) is 2.55. The molecule has 5 nitrogen and oxygen atoms in total. The van der Waals surface area contributed by atoms with Crippen LogP contribution in [0.2, 0.25) is 0 Å². The maximum Gasteiger partial charge on any atom is 0.407 e. The Labute approximate surface area is 83.5 Å². The van der Waals surface area contributed by atoms with Crippen molar-refractivity contribution in [2.75, 3.05) is 19.7 Å². The van der Waals surface area contributed by atoms with Gasteiger partial charge in [-0.2, -0.15) is 0 Å². The van der Waals surface area contributed by atoms with Crippen LogP contribution in [0.3, 0.4) is 0 Å². The first-order valence-electron chi connectivity index (χ1n) is 4.42. The smallest absolute Gasteiger partial charge is 0.407 e. The molecule has 0 saturated heterocycles. The third-order valence-electron chi connectivity index (χ3n) is 1.40. The summed E-state index contributed by atoms with van der Waals surface area (Å²) >= 11 is 0. The van der Waals surface area contributed by atoms with Crippen molar-refractivity contribution in [1.29, 1.82) is 0 Å². The first-order chi connectivity index (χ1) is 6.81. The first kappa shape index (κ1) is 12.5. The zero-order valence-electron chi connectivity index (χ0n) is 8.04. The fourth-order valence-corrected chi connectivity index (χ4v) is 0.766. The Balaban J connectivity index is 3.14. The van der Waals surface area contributed by atoms with E-state index in [1.807, 2.05) is 0 Å². The zero-order valence-corrected chi connectivity index (χ0v) is 8.04. The Morgan fingerprint density at radius 1 is 1.43 bits per heavy atom. The number of amides is 2. The molecular formula is C9H15N2O3. The van der Waals surface area contributed by atoms with E-state index in [-0.39, 0.29) is 6.61 Å². The van der Waals surface area contributed by atoms with Gasteiger partial charge in [-0.3, -0.25) is 4.79 Å². The summed E-state index contributed by atoms with van der Waals surface area (Å²) < 4.78 is 4.67. The molecule has 0 bridgehead atoms. The molecule has 2 N–H and O–H groups in total. The van der Waals surface area contributed by atoms with Crippen molar-refractivity contribution in [3.63, 3.8) is 0 Å². The van der Waals surface area contributed by atoms with Gasteiger partial charge < -0.3 is 15.4 Å². The van der Waals surface area contributed by atoms with Crippen LogP contribution in [0.5, 0.6) is 0 Å². The fourth-order valence-electron chi connectivity index (χ4n) is 0.766. The van der Waals surface area contributed by atoms with Crippen LogP contribution in [0, 0.1) is 0 Å². The zero-order chi connectivity index (χ0) is 10.6. The molecule has 0 aromatic rings. The molecule has 1 radical (unpaired) electrons. The van der Waals surface area contributed by atoms with Crippen LogP contribution in [-0.4, -0.2) is 32.2 Å². The predicted octanol–water partition coefficient (Wildman–Crippen LogP) is 0.336. The molecule has 0 spiro atoms. The molecule has 0 fully saturated rings. The lowest BCUT2D eigenvalue weighted by Crippen LogP contribution is -2.26. The van der Waals surface area contributed by atoms with Crippen molar-refractivity contribution in [2.45, 2.75) is 12.8 Å². The Hall–Kier alpha value is -1.52. The van der Waals surface area contributed by atoms with Gasteiger partial charge in [-0.15, -0.1) is 0 Å². The Bertz CT molecular complexity index is 183. The van der Waals surface area contributed by atoms with E-state index in [2.05, 4.69) is 21.9 Å². The largest absolute Gasteiger partial charge is 0.445 e. The van der Waals surface area contributed by atoms with Crippen LogP contribution < -0.4 is 10.6 Å². The number of nitrogens with one attached hydrogen (secondary N) is 2. The second kappa shape index (κ2) is 9.57. The van der Waals surface area contributed by atoms with E-state index in [0.717, 1.165) is 12.8 Å². The highest BCUT2D eigenvalue weighted by molar-refractivity contribution is 5.67. The summed E-state index contributed by atoms with van der Waals surface area (Å²) in [5.41, 5.74) is 0. The number of hydrogen-bond donors (Lipinski definition) is 2. The molecule has 0 aliphatic carbocycles. The minimum Gasteiger partial charge on any atom is -0.445 e. The molecule has 14 heavy (non-hydrogen) atoms. The summed E-state index contributed by atoms with van der Waals surface area (Å²) in [6, 6.07) is 0. The molecule has 5 heteroatoms. The van der Waals surface area contributed by atoms with E-state index >= 15 is 0 Å². The summed E-state index contributed by atoms with van der Waals surface area (Å²) in [5.74, 6) is 0. The molecule has 0 aliphatic rings. The van der Waals surface area contributed by atoms with Gasteiger partial charge in [0.2, 0.25) is 0 Å². The van der Waals surface area contributed by atoms with Crippen molar-refractivity contribution in [3.8, 4) is 0 Å². The summed E-state index contributed by atoms with van der Waals surface area (Å²) in [6.07, 6.45) is 4.22. The van der Waals surface area contributed by atoms with Gasteiger partial charge in [0, 0.05) is 13.1 Å². The molecule has 0 heterocycles. The monoisotopic (exact) mass is 199 g/mol. The average Bonchev–Trinajstić information content (AvgIpc) is 2.20. The minimum atomic E-state index is -0.445. The van der Waals surface area contributed by atoms with E-state index < -0.39 is 6.09 Å². The molecule has 2 amide bonds. The molecule has 0 rings (SSSR count). The highest BCUT2D eigenvalue weighted by atomic mass is 16.5. The molecule has 79 valence electrons. The van der Waals surface area contributed by atoms with Crippen LogP contribution in [0.4, 0.5) is 4.79 Å². The molecule has 0 saturated carbocycles. The summed E-state index contributed by atoms with van der Waals surface area (Å²) in [7, 11) is 0. The fraction of sp³-hybridized carbons (Fsp3) is 0.556. The Kier molecular flexibility index (Phi) is 8.53. The van der Waals surface area contributed by atoms with Crippen molar-refractivity contribution in [1.82, 2.24) is 10.6 Å². The van der Waals surface area contributed by atoms with Gasteiger partial charge in [0.1, 0.15) is 6.61 Å². The Morgan fingerprint density at radius 2 is 2.14 bits per heavy atom. The van der Waals surface area contributed by atoms with Crippen LogP contribution in [0.1, 0.15) is 12.8 Å². The lowest BCUT2D eigenvalue weighted by Gasteiger charge is -2.04. The average molecular weight is 199 g/mol. The number of rotatable bonds is 8. The molecule has 0 unspecified atom stereocenters. The van der Waals surface area contributed by atoms with Gasteiger partial charge in [-0.05, 0) is 12.8 Å². The lowest BCUT2D eigenvalue weighted by molar-refractivity contribution is 0.158. The van der Waals surface area contributed by atoms with Crippen molar-refractivity contribution in [2.24, 2.45) is 0 Å². The minimum absolute atomic E-state index is 0.216. The number of carbonyl (C=O) groups is 1. The highest BCUT2D eigenvalue weighted by Gasteiger charge is 1.97. The highest BCUT2D eigenvalue weighted by Crippen LogP contribution is 1.85. The number of hydrogen-bond acceptors (Lipinski definition) is 3. The third-order valence-corrected chi connectivity index (χ3v) is 1.40. The standard InChI is InChI=1S/C9H15N2O3/c1-2-7-14-9(13)11-6-4-3-5-10-8-12/h2H,1,3-7H2,(H,10,12)(H,11,13). The first-order valence-corrected chi connectivity index (χ1v) is 4.42. The summed E-state index contributed by atoms with van der Waals surface area (Å²) in [5, 5.41) is 4.97. The number of unbranched alkanes of at least 4 members (excludes halogenated alkanes) is 1. The van der Waals surface area contributed by atoms with Crippen LogP contribution in [0.25, 0.3) is 0 Å². The topological polar surface area (TPSA) is 67.4 Å². The number of alkyl carbamates (subject to hydrolysis) is 1.